The summed E-state index contributed by atoms with van der Waals surface area (Å²) in [5.74, 6) is -3.18. The zero-order valence-corrected chi connectivity index (χ0v) is 14.0. The third kappa shape index (κ3) is 4.32. The van der Waals surface area contributed by atoms with Crippen molar-refractivity contribution in [2.75, 3.05) is 0 Å². The van der Waals surface area contributed by atoms with Crippen LogP contribution >= 0.6 is 0 Å². The molecule has 1 aromatic rings. The van der Waals surface area contributed by atoms with Crippen LogP contribution in [0.2, 0.25) is 0 Å². The molecule has 25 heavy (non-hydrogen) atoms. The zero-order valence-electron chi connectivity index (χ0n) is 14.0. The summed E-state index contributed by atoms with van der Waals surface area (Å²) in [5.41, 5.74) is 0.648. The highest BCUT2D eigenvalue weighted by Crippen LogP contribution is 2.36. The normalized spacial score (nSPS) is 21.1. The molecular formula is C19H21F2NO3. The second-order valence-corrected chi connectivity index (χ2v) is 6.14. The van der Waals surface area contributed by atoms with Gasteiger partial charge in [-0.25, -0.2) is 13.6 Å². The van der Waals surface area contributed by atoms with Crippen molar-refractivity contribution in [3.05, 3.63) is 59.7 Å². The molecule has 0 unspecified atom stereocenters. The van der Waals surface area contributed by atoms with E-state index < -0.39 is 29.7 Å². The van der Waals surface area contributed by atoms with Gasteiger partial charge in [0.05, 0.1) is 12.1 Å². The standard InChI is InChI=1S/C19H21F2NO3/c1-3-5-18(23)22-14(10-12(2)19(24)25)6-4-7-17(22)13-8-9-15(20)16(21)11-13/h3,8-11,14,17H,1,4-7H2,2H3,(H,24,25)/b12-10+/t14-,17+/m1/s1. The predicted octanol–water partition coefficient (Wildman–Crippen LogP) is 3.99. The van der Waals surface area contributed by atoms with Crippen LogP contribution in [0.5, 0.6) is 0 Å². The van der Waals surface area contributed by atoms with Crippen LogP contribution in [0.15, 0.2) is 42.5 Å². The summed E-state index contributed by atoms with van der Waals surface area (Å²) in [6, 6.07) is 2.77. The van der Waals surface area contributed by atoms with Gasteiger partial charge in [-0.3, -0.25) is 4.79 Å². The first-order valence-corrected chi connectivity index (χ1v) is 8.14. The number of piperidine rings is 1. The molecule has 2 atom stereocenters. The van der Waals surface area contributed by atoms with Crippen LogP contribution in [0.4, 0.5) is 8.78 Å². The van der Waals surface area contributed by atoms with Crippen molar-refractivity contribution in [2.24, 2.45) is 0 Å². The Bertz CT molecular complexity index is 715. The summed E-state index contributed by atoms with van der Waals surface area (Å²) >= 11 is 0. The number of carboxylic acids is 1. The molecule has 1 saturated heterocycles. The quantitative estimate of drug-likeness (QED) is 0.646. The number of halogens is 2. The number of aliphatic carboxylic acids is 1. The maximum absolute atomic E-state index is 13.6. The van der Waals surface area contributed by atoms with Crippen LogP contribution in [-0.2, 0) is 9.59 Å². The predicted molar refractivity (Wildman–Crippen MR) is 89.8 cm³/mol. The van der Waals surface area contributed by atoms with Crippen LogP contribution < -0.4 is 0 Å². The van der Waals surface area contributed by atoms with Crippen LogP contribution in [-0.4, -0.2) is 27.9 Å². The van der Waals surface area contributed by atoms with E-state index in [-0.39, 0.29) is 17.9 Å². The number of carbonyl (C=O) groups is 2. The summed E-state index contributed by atoms with van der Waals surface area (Å²) < 4.78 is 26.9. The molecule has 0 radical (unpaired) electrons. The Morgan fingerprint density at radius 3 is 2.64 bits per heavy atom. The molecule has 4 nitrogen and oxygen atoms in total. The van der Waals surface area contributed by atoms with Gasteiger partial charge in [0.15, 0.2) is 11.6 Å². The van der Waals surface area contributed by atoms with Gasteiger partial charge in [-0.05, 0) is 43.9 Å². The van der Waals surface area contributed by atoms with Gasteiger partial charge < -0.3 is 10.0 Å². The fourth-order valence-electron chi connectivity index (χ4n) is 3.19. The van der Waals surface area contributed by atoms with E-state index in [9.17, 15) is 18.4 Å². The van der Waals surface area contributed by atoms with E-state index in [1.165, 1.54) is 19.1 Å². The van der Waals surface area contributed by atoms with E-state index in [2.05, 4.69) is 6.58 Å². The van der Waals surface area contributed by atoms with Crippen LogP contribution in [0.25, 0.3) is 0 Å². The Morgan fingerprint density at radius 1 is 1.32 bits per heavy atom. The van der Waals surface area contributed by atoms with E-state index in [1.54, 1.807) is 11.0 Å². The maximum atomic E-state index is 13.6. The first-order valence-electron chi connectivity index (χ1n) is 8.14. The summed E-state index contributed by atoms with van der Waals surface area (Å²) in [4.78, 5) is 25.3. The molecule has 134 valence electrons. The molecule has 0 saturated carbocycles. The van der Waals surface area contributed by atoms with Crippen LogP contribution in [0, 0.1) is 11.6 Å². The lowest BCUT2D eigenvalue weighted by Gasteiger charge is -2.41. The average molecular weight is 349 g/mol. The molecule has 1 amide bonds. The Labute approximate surface area is 145 Å². The van der Waals surface area contributed by atoms with Gasteiger partial charge in [0, 0.05) is 12.0 Å². The van der Waals surface area contributed by atoms with Crippen LogP contribution in [0.1, 0.15) is 44.2 Å². The van der Waals surface area contributed by atoms with Crippen molar-refractivity contribution in [3.8, 4) is 0 Å². The zero-order chi connectivity index (χ0) is 18.6. The molecule has 1 N–H and O–H groups in total. The number of hydrogen-bond donors (Lipinski definition) is 1. The number of hydrogen-bond acceptors (Lipinski definition) is 2. The lowest BCUT2D eigenvalue weighted by molar-refractivity contribution is -0.137. The Morgan fingerprint density at radius 2 is 2.04 bits per heavy atom. The minimum atomic E-state index is -1.05. The van der Waals surface area contributed by atoms with Crippen molar-refractivity contribution in [1.82, 2.24) is 4.90 Å². The van der Waals surface area contributed by atoms with Crippen LogP contribution in [0.3, 0.4) is 0 Å². The van der Waals surface area contributed by atoms with Crippen molar-refractivity contribution in [1.29, 1.82) is 0 Å². The molecule has 0 bridgehead atoms. The number of nitrogens with zero attached hydrogens (tertiary/aromatic N) is 1. The smallest absolute Gasteiger partial charge is 0.331 e. The summed E-state index contributed by atoms with van der Waals surface area (Å²) in [5, 5.41) is 9.11. The molecular weight excluding hydrogens is 328 g/mol. The number of likely N-dealkylation sites (tertiary alicyclic amines) is 1. The minimum Gasteiger partial charge on any atom is -0.478 e. The number of carboxylic acid groups (broad SMARTS) is 1. The van der Waals surface area contributed by atoms with Gasteiger partial charge in [-0.1, -0.05) is 18.2 Å². The number of amides is 1. The van der Waals surface area contributed by atoms with Gasteiger partial charge >= 0.3 is 5.97 Å². The highest BCUT2D eigenvalue weighted by molar-refractivity contribution is 5.86. The molecule has 0 aromatic heterocycles. The molecule has 1 aliphatic heterocycles. The largest absolute Gasteiger partial charge is 0.478 e. The second-order valence-electron chi connectivity index (χ2n) is 6.14. The highest BCUT2D eigenvalue weighted by Gasteiger charge is 2.34. The molecule has 1 heterocycles. The Kier molecular flexibility index (Phi) is 6.07. The van der Waals surface area contributed by atoms with Gasteiger partial charge in [-0.2, -0.15) is 0 Å². The lowest BCUT2D eigenvalue weighted by atomic mass is 9.89. The molecule has 2 rings (SSSR count). The summed E-state index contributed by atoms with van der Waals surface area (Å²) in [7, 11) is 0. The SMILES string of the molecule is C=CCC(=O)N1[C@@H](/C=C(\C)C(=O)O)CCC[C@H]1c1ccc(F)c(F)c1. The third-order valence-electron chi connectivity index (χ3n) is 4.39. The second kappa shape index (κ2) is 8.05. The Hall–Kier alpha value is -2.50. The van der Waals surface area contributed by atoms with E-state index >= 15 is 0 Å². The highest BCUT2D eigenvalue weighted by atomic mass is 19.2. The molecule has 0 aliphatic carbocycles. The van der Waals surface area contributed by atoms with Crippen molar-refractivity contribution in [2.45, 2.75) is 44.7 Å². The molecule has 0 spiro atoms. The minimum absolute atomic E-state index is 0.0939. The number of carbonyl (C=O) groups excluding carboxylic acids is 1. The monoisotopic (exact) mass is 349 g/mol. The van der Waals surface area contributed by atoms with Gasteiger partial charge in [-0.15, -0.1) is 6.58 Å². The number of benzene rings is 1. The van der Waals surface area contributed by atoms with Crippen molar-refractivity contribution in [3.63, 3.8) is 0 Å². The lowest BCUT2D eigenvalue weighted by Crippen LogP contribution is -2.45. The van der Waals surface area contributed by atoms with E-state index in [4.69, 9.17) is 5.11 Å². The fraction of sp³-hybridized carbons (Fsp3) is 0.368. The van der Waals surface area contributed by atoms with E-state index in [1.807, 2.05) is 0 Å². The summed E-state index contributed by atoms with van der Waals surface area (Å²) in [6.45, 7) is 5.04. The van der Waals surface area contributed by atoms with Crippen molar-refractivity contribution >= 4 is 11.9 Å². The maximum Gasteiger partial charge on any atom is 0.331 e. The van der Waals surface area contributed by atoms with E-state index in [0.717, 1.165) is 18.6 Å². The molecule has 1 fully saturated rings. The molecule has 6 heteroatoms. The first kappa shape index (κ1) is 18.8. The molecule has 1 aliphatic rings. The Balaban J connectivity index is 2.43. The number of rotatable bonds is 5. The van der Waals surface area contributed by atoms with Gasteiger partial charge in [0.1, 0.15) is 0 Å². The topological polar surface area (TPSA) is 57.6 Å². The fourth-order valence-corrected chi connectivity index (χ4v) is 3.19. The molecule has 1 aromatic carbocycles. The first-order chi connectivity index (χ1) is 11.8. The third-order valence-corrected chi connectivity index (χ3v) is 4.39. The summed E-state index contributed by atoms with van der Waals surface area (Å²) in [6.07, 6.45) is 5.09. The van der Waals surface area contributed by atoms with Crippen molar-refractivity contribution < 1.29 is 23.5 Å². The van der Waals surface area contributed by atoms with E-state index in [0.29, 0.717) is 18.4 Å². The average Bonchev–Trinajstić information content (AvgIpc) is 2.57. The van der Waals surface area contributed by atoms with Gasteiger partial charge in [0.25, 0.3) is 0 Å². The van der Waals surface area contributed by atoms with Gasteiger partial charge in [0.2, 0.25) is 5.91 Å².